The Bertz CT molecular complexity index is 2840. The molecule has 10 rings (SSSR count). The van der Waals surface area contributed by atoms with Crippen molar-refractivity contribution in [1.82, 2.24) is 9.13 Å². The van der Waals surface area contributed by atoms with E-state index in [1.165, 1.54) is 81.6 Å². The van der Waals surface area contributed by atoms with Crippen LogP contribution in [-0.2, 0) is 0 Å². The first-order valence-corrected chi connectivity index (χ1v) is 15.9. The van der Waals surface area contributed by atoms with Gasteiger partial charge in [0.2, 0.25) is 0 Å². The van der Waals surface area contributed by atoms with Gasteiger partial charge in [0, 0.05) is 32.9 Å². The Labute approximate surface area is 265 Å². The molecule has 46 heavy (non-hydrogen) atoms. The quantitative estimate of drug-likeness (QED) is 0.191. The predicted octanol–water partition coefficient (Wildman–Crippen LogP) is 11.9. The third-order valence-corrected chi connectivity index (χ3v) is 9.65. The number of hydrogen-bond acceptors (Lipinski definition) is 0. The molecule has 8 aromatic carbocycles. The van der Waals surface area contributed by atoms with Crippen LogP contribution in [0.15, 0.2) is 170 Å². The van der Waals surface area contributed by atoms with E-state index in [-0.39, 0.29) is 0 Å². The molecule has 0 radical (unpaired) electrons. The van der Waals surface area contributed by atoms with Crippen LogP contribution in [0.2, 0.25) is 0 Å². The van der Waals surface area contributed by atoms with Crippen LogP contribution in [0.25, 0.3) is 87.3 Å². The average molecular weight is 585 g/mol. The Kier molecular flexibility index (Phi) is 5.31. The van der Waals surface area contributed by atoms with E-state index in [4.69, 9.17) is 0 Å². The highest BCUT2D eigenvalue weighted by molar-refractivity contribution is 6.33. The Morgan fingerprint density at radius 2 is 0.783 bits per heavy atom. The molecule has 0 amide bonds. The van der Waals surface area contributed by atoms with Crippen molar-refractivity contribution < 1.29 is 0 Å². The molecular formula is C44H28N2. The number of nitrogens with zero attached hydrogens (tertiary/aromatic N) is 2. The van der Waals surface area contributed by atoms with Gasteiger partial charge in [0.05, 0.1) is 22.1 Å². The molecule has 10 aromatic rings. The Morgan fingerprint density at radius 3 is 1.50 bits per heavy atom. The fourth-order valence-corrected chi connectivity index (χ4v) is 7.76. The van der Waals surface area contributed by atoms with Gasteiger partial charge in [-0.25, -0.2) is 0 Å². The monoisotopic (exact) mass is 584 g/mol. The topological polar surface area (TPSA) is 9.86 Å². The Balaban J connectivity index is 1.47. The highest BCUT2D eigenvalue weighted by atomic mass is 15.0. The lowest BCUT2D eigenvalue weighted by Crippen LogP contribution is -1.94. The zero-order valence-electron chi connectivity index (χ0n) is 25.1. The molecule has 2 heteroatoms. The van der Waals surface area contributed by atoms with Crippen LogP contribution in [0, 0.1) is 0 Å². The maximum atomic E-state index is 2.44. The second kappa shape index (κ2) is 9.69. The molecule has 0 saturated carbocycles. The first kappa shape index (κ1) is 25.2. The number of hydrogen-bond donors (Lipinski definition) is 0. The fourth-order valence-electron chi connectivity index (χ4n) is 7.76. The molecule has 0 spiro atoms. The van der Waals surface area contributed by atoms with Gasteiger partial charge in [-0.15, -0.1) is 0 Å². The van der Waals surface area contributed by atoms with E-state index in [1.807, 2.05) is 0 Å². The van der Waals surface area contributed by atoms with Gasteiger partial charge in [-0.1, -0.05) is 115 Å². The molecule has 2 bridgehead atoms. The smallest absolute Gasteiger partial charge is 0.0553 e. The first-order valence-electron chi connectivity index (χ1n) is 15.9. The van der Waals surface area contributed by atoms with Crippen molar-refractivity contribution in [2.75, 3.05) is 0 Å². The van der Waals surface area contributed by atoms with Gasteiger partial charge in [-0.05, 0) is 86.9 Å². The van der Waals surface area contributed by atoms with Crippen LogP contribution < -0.4 is 0 Å². The highest BCUT2D eigenvalue weighted by Gasteiger charge is 2.19. The summed E-state index contributed by atoms with van der Waals surface area (Å²) < 4.78 is 4.85. The largest absolute Gasteiger partial charge is 0.309 e. The maximum Gasteiger partial charge on any atom is 0.0553 e. The minimum Gasteiger partial charge on any atom is -0.309 e. The van der Waals surface area contributed by atoms with Crippen LogP contribution in [-0.4, -0.2) is 9.13 Å². The van der Waals surface area contributed by atoms with Crippen LogP contribution in [0.4, 0.5) is 0 Å². The fraction of sp³-hybridized carbons (Fsp3) is 0. The summed E-state index contributed by atoms with van der Waals surface area (Å²) in [7, 11) is 0. The van der Waals surface area contributed by atoms with Gasteiger partial charge in [0.25, 0.3) is 0 Å². The minimum atomic E-state index is 1.16. The van der Waals surface area contributed by atoms with E-state index < -0.39 is 0 Å². The van der Waals surface area contributed by atoms with E-state index in [0.717, 1.165) is 5.69 Å². The van der Waals surface area contributed by atoms with Crippen molar-refractivity contribution >= 4 is 75.9 Å². The van der Waals surface area contributed by atoms with Gasteiger partial charge in [0.15, 0.2) is 0 Å². The molecule has 2 aromatic heterocycles. The van der Waals surface area contributed by atoms with Gasteiger partial charge < -0.3 is 9.13 Å². The van der Waals surface area contributed by atoms with Crippen molar-refractivity contribution in [3.05, 3.63) is 170 Å². The van der Waals surface area contributed by atoms with Gasteiger partial charge in [-0.3, -0.25) is 0 Å². The van der Waals surface area contributed by atoms with Gasteiger partial charge in [0.1, 0.15) is 0 Å². The highest BCUT2D eigenvalue weighted by Crippen LogP contribution is 2.43. The van der Waals surface area contributed by atoms with Crippen LogP contribution >= 0.6 is 0 Å². The van der Waals surface area contributed by atoms with Crippen molar-refractivity contribution in [2.24, 2.45) is 0 Å². The average Bonchev–Trinajstić information content (AvgIpc) is 3.61. The van der Waals surface area contributed by atoms with Crippen molar-refractivity contribution in [1.29, 1.82) is 0 Å². The van der Waals surface area contributed by atoms with E-state index in [9.17, 15) is 0 Å². The standard InChI is InChI=1S/C44H28N2/c1-3-15-31(16-4-1)45-39-24-11-9-19-34(39)35-20-8-7-14-29-26-30(27-41(35)45)38-28-42-44(37-23-13-22-33(29)43(37)38)36-21-10-12-25-40(36)46(42)32-17-5-2-6-18-32/h1-28H. The van der Waals surface area contributed by atoms with Gasteiger partial charge >= 0.3 is 0 Å². The summed E-state index contributed by atoms with van der Waals surface area (Å²) in [5.41, 5.74) is 7.15. The van der Waals surface area contributed by atoms with Crippen LogP contribution in [0.1, 0.15) is 0 Å². The van der Waals surface area contributed by atoms with Crippen LogP contribution in [0.5, 0.6) is 0 Å². The lowest BCUT2D eigenvalue weighted by Gasteiger charge is -2.13. The third-order valence-electron chi connectivity index (χ3n) is 9.65. The third kappa shape index (κ3) is 3.53. The van der Waals surface area contributed by atoms with E-state index in [0.29, 0.717) is 0 Å². The second-order valence-electron chi connectivity index (χ2n) is 12.1. The summed E-state index contributed by atoms with van der Waals surface area (Å²) in [5.74, 6) is 0. The maximum absolute atomic E-state index is 2.44. The summed E-state index contributed by atoms with van der Waals surface area (Å²) in [5, 5.41) is 12.6. The van der Waals surface area contributed by atoms with Crippen molar-refractivity contribution in [3.8, 4) is 11.4 Å². The molecule has 2 nitrogen and oxygen atoms in total. The molecule has 214 valence electrons. The molecule has 0 saturated heterocycles. The molecule has 0 fully saturated rings. The molecule has 0 N–H and O–H groups in total. The molecule has 0 aliphatic heterocycles. The first-order chi connectivity index (χ1) is 22.8. The number of para-hydroxylation sites is 4. The summed E-state index contributed by atoms with van der Waals surface area (Å²) in [4.78, 5) is 0. The molecule has 0 atom stereocenters. The summed E-state index contributed by atoms with van der Waals surface area (Å²) in [6.07, 6.45) is 0. The zero-order valence-corrected chi connectivity index (χ0v) is 25.1. The number of fused-ring (bicyclic) bond motifs is 11. The van der Waals surface area contributed by atoms with Crippen molar-refractivity contribution in [2.45, 2.75) is 0 Å². The molecule has 0 aliphatic carbocycles. The second-order valence-corrected chi connectivity index (χ2v) is 12.1. The Hall–Kier alpha value is -6.12. The molecule has 2 heterocycles. The minimum absolute atomic E-state index is 1.16. The van der Waals surface area contributed by atoms with Gasteiger partial charge in [-0.2, -0.15) is 0 Å². The van der Waals surface area contributed by atoms with E-state index in [2.05, 4.69) is 179 Å². The lowest BCUT2D eigenvalue weighted by atomic mass is 9.92. The Morgan fingerprint density at radius 1 is 0.261 bits per heavy atom. The predicted molar refractivity (Wildman–Crippen MR) is 196 cm³/mol. The summed E-state index contributed by atoms with van der Waals surface area (Å²) >= 11 is 0. The normalized spacial score (nSPS) is 11.9. The summed E-state index contributed by atoms with van der Waals surface area (Å²) in [6.45, 7) is 0. The number of benzene rings is 7. The molecule has 0 unspecified atom stereocenters. The number of rotatable bonds is 2. The summed E-state index contributed by atoms with van der Waals surface area (Å²) in [6, 6.07) is 62.0. The molecule has 0 aliphatic rings. The molecular weight excluding hydrogens is 556 g/mol. The van der Waals surface area contributed by atoms with E-state index in [1.54, 1.807) is 0 Å². The zero-order chi connectivity index (χ0) is 30.2. The SMILES string of the molecule is c1ccc(-n2c3ccccc3c3ccccc4cc(cc32)c2cc3c(c5cccc4c25)c2ccccc2n3-c2ccccc2)cc1. The number of aromatic nitrogens is 2. The van der Waals surface area contributed by atoms with Crippen LogP contribution in [0.3, 0.4) is 0 Å². The van der Waals surface area contributed by atoms with Crippen molar-refractivity contribution in [3.63, 3.8) is 0 Å². The lowest BCUT2D eigenvalue weighted by molar-refractivity contribution is 1.18. The van der Waals surface area contributed by atoms with E-state index >= 15 is 0 Å².